The van der Waals surface area contributed by atoms with E-state index in [4.69, 9.17) is 0 Å². The van der Waals surface area contributed by atoms with Gasteiger partial charge in [0.15, 0.2) is 15.2 Å². The lowest BCUT2D eigenvalue weighted by Crippen LogP contribution is -2.46. The van der Waals surface area contributed by atoms with Crippen molar-refractivity contribution in [2.75, 3.05) is 20.4 Å². The summed E-state index contributed by atoms with van der Waals surface area (Å²) in [5.74, 6) is -0.708. The summed E-state index contributed by atoms with van der Waals surface area (Å²) in [7, 11) is 0.0971. The Balaban J connectivity index is 1.63. The molecule has 1 aliphatic heterocycles. The Bertz CT molecular complexity index is 1410. The van der Waals surface area contributed by atoms with Gasteiger partial charge in [0, 0.05) is 38.1 Å². The van der Waals surface area contributed by atoms with Crippen LogP contribution in [0.5, 0.6) is 0 Å². The van der Waals surface area contributed by atoms with Crippen LogP contribution in [0.1, 0.15) is 23.7 Å². The number of benzene rings is 1. The standard InChI is InChI=1S/C24H27FN6O3S/c1-5-21(16-10-11-30(29(2)3)23(12-16)35(4,33)34)28-24(32)20-13-26-15-22-19(20)14-27-31(22)18-8-6-17(25)7-9-18/h6-15,21,23H,5H2,1-4H3,(H,28,32)/t21?,23-/m0/s1. The quantitative estimate of drug-likeness (QED) is 0.535. The molecule has 0 spiro atoms. The van der Waals surface area contributed by atoms with E-state index >= 15 is 0 Å². The summed E-state index contributed by atoms with van der Waals surface area (Å²) in [6.45, 7) is 1.92. The van der Waals surface area contributed by atoms with E-state index in [0.29, 0.717) is 34.1 Å². The van der Waals surface area contributed by atoms with Crippen molar-refractivity contribution in [1.29, 1.82) is 0 Å². The van der Waals surface area contributed by atoms with E-state index in [1.54, 1.807) is 65.6 Å². The summed E-state index contributed by atoms with van der Waals surface area (Å²) in [4.78, 5) is 17.5. The Morgan fingerprint density at radius 3 is 2.54 bits per heavy atom. The number of aromatic nitrogens is 3. The maximum Gasteiger partial charge on any atom is 0.254 e. The van der Waals surface area contributed by atoms with E-state index in [2.05, 4.69) is 15.4 Å². The highest BCUT2D eigenvalue weighted by atomic mass is 32.2. The molecule has 2 aromatic heterocycles. The summed E-state index contributed by atoms with van der Waals surface area (Å²) in [6.07, 6.45) is 11.6. The van der Waals surface area contributed by atoms with Gasteiger partial charge in [0.25, 0.3) is 5.91 Å². The molecule has 184 valence electrons. The third kappa shape index (κ3) is 4.96. The molecule has 1 aromatic carbocycles. The van der Waals surface area contributed by atoms with Gasteiger partial charge in [0.05, 0.1) is 35.2 Å². The lowest BCUT2D eigenvalue weighted by molar-refractivity contribution is 0.0791. The fourth-order valence-electron chi connectivity index (χ4n) is 4.02. The predicted octanol–water partition coefficient (Wildman–Crippen LogP) is 2.67. The molecule has 9 nitrogen and oxygen atoms in total. The number of nitrogens with zero attached hydrogens (tertiary/aromatic N) is 5. The first-order valence-electron chi connectivity index (χ1n) is 11.0. The van der Waals surface area contributed by atoms with Gasteiger partial charge in [-0.1, -0.05) is 6.92 Å². The number of hydrogen-bond donors (Lipinski definition) is 1. The van der Waals surface area contributed by atoms with E-state index in [-0.39, 0.29) is 11.7 Å². The van der Waals surface area contributed by atoms with E-state index in [1.165, 1.54) is 24.6 Å². The third-order valence-corrected chi connectivity index (χ3v) is 7.07. The maximum atomic E-state index is 13.3. The number of rotatable bonds is 7. The first-order valence-corrected chi connectivity index (χ1v) is 13.0. The van der Waals surface area contributed by atoms with Gasteiger partial charge in [-0.05, 0) is 48.4 Å². The van der Waals surface area contributed by atoms with Crippen LogP contribution in [0.25, 0.3) is 16.6 Å². The average Bonchev–Trinajstić information content (AvgIpc) is 3.26. The van der Waals surface area contributed by atoms with Crippen molar-refractivity contribution in [2.45, 2.75) is 24.8 Å². The molecule has 0 fully saturated rings. The van der Waals surface area contributed by atoms with Gasteiger partial charge in [0.2, 0.25) is 0 Å². The number of halogens is 1. The molecule has 3 aromatic rings. The van der Waals surface area contributed by atoms with E-state index in [1.807, 2.05) is 13.0 Å². The molecule has 35 heavy (non-hydrogen) atoms. The zero-order valence-electron chi connectivity index (χ0n) is 19.9. The summed E-state index contributed by atoms with van der Waals surface area (Å²) >= 11 is 0. The molecule has 1 N–H and O–H groups in total. The fourth-order valence-corrected chi connectivity index (χ4v) is 5.08. The topological polar surface area (TPSA) is 100 Å². The second kappa shape index (κ2) is 9.59. The average molecular weight is 499 g/mol. The Kier molecular flexibility index (Phi) is 6.73. The van der Waals surface area contributed by atoms with Crippen molar-refractivity contribution in [2.24, 2.45) is 0 Å². The summed E-state index contributed by atoms with van der Waals surface area (Å²) in [5, 5.41) is 10.4. The highest BCUT2D eigenvalue weighted by Crippen LogP contribution is 2.24. The van der Waals surface area contributed by atoms with Crippen LogP contribution < -0.4 is 5.32 Å². The largest absolute Gasteiger partial charge is 0.345 e. The Labute approximate surface area is 203 Å². The van der Waals surface area contributed by atoms with Crippen molar-refractivity contribution in [1.82, 2.24) is 30.1 Å². The number of carbonyl (C=O) groups excluding carboxylic acids is 1. The van der Waals surface area contributed by atoms with Crippen LogP contribution in [-0.2, 0) is 9.84 Å². The van der Waals surface area contributed by atoms with Crippen molar-refractivity contribution in [3.8, 4) is 5.69 Å². The van der Waals surface area contributed by atoms with Crippen molar-refractivity contribution >= 4 is 26.6 Å². The Morgan fingerprint density at radius 2 is 1.91 bits per heavy atom. The van der Waals surface area contributed by atoms with Gasteiger partial charge in [-0.15, -0.1) is 0 Å². The van der Waals surface area contributed by atoms with Gasteiger partial charge in [0.1, 0.15) is 5.82 Å². The van der Waals surface area contributed by atoms with Gasteiger partial charge in [-0.3, -0.25) is 14.8 Å². The van der Waals surface area contributed by atoms with Crippen molar-refractivity contribution in [3.05, 3.63) is 78.2 Å². The van der Waals surface area contributed by atoms with Crippen LogP contribution >= 0.6 is 0 Å². The van der Waals surface area contributed by atoms with Gasteiger partial charge < -0.3 is 5.32 Å². The minimum Gasteiger partial charge on any atom is -0.345 e. The second-order valence-electron chi connectivity index (χ2n) is 8.52. The number of fused-ring (bicyclic) bond motifs is 1. The highest BCUT2D eigenvalue weighted by molar-refractivity contribution is 7.91. The molecular formula is C24H27FN6O3S. The normalized spacial score (nSPS) is 17.0. The number of amides is 1. The molecule has 0 aliphatic carbocycles. The monoisotopic (exact) mass is 498 g/mol. The van der Waals surface area contributed by atoms with Gasteiger partial charge in [-0.2, -0.15) is 5.10 Å². The molecule has 11 heteroatoms. The molecule has 1 amide bonds. The molecule has 1 unspecified atom stereocenters. The Morgan fingerprint density at radius 1 is 1.20 bits per heavy atom. The smallest absolute Gasteiger partial charge is 0.254 e. The van der Waals surface area contributed by atoms with Crippen molar-refractivity contribution < 1.29 is 17.6 Å². The SMILES string of the molecule is CCC(NC(=O)c1cncc2c1cnn2-c1ccc(F)cc1)C1=C[C@H](S(C)(=O)=O)N(N(C)C)C=C1. The molecule has 4 rings (SSSR count). The molecule has 3 heterocycles. The molecule has 2 atom stereocenters. The molecule has 0 radical (unpaired) electrons. The summed E-state index contributed by atoms with van der Waals surface area (Å²) in [5.41, 5.74) is 2.29. The maximum absolute atomic E-state index is 13.3. The lowest BCUT2D eigenvalue weighted by Gasteiger charge is -2.36. The number of carbonyl (C=O) groups is 1. The molecule has 0 saturated heterocycles. The van der Waals surface area contributed by atoms with Crippen LogP contribution in [0.3, 0.4) is 0 Å². The molecule has 0 bridgehead atoms. The zero-order valence-corrected chi connectivity index (χ0v) is 20.7. The zero-order chi connectivity index (χ0) is 25.3. The van der Waals surface area contributed by atoms with Gasteiger partial charge >= 0.3 is 0 Å². The summed E-state index contributed by atoms with van der Waals surface area (Å²) in [6, 6.07) is 5.46. The van der Waals surface area contributed by atoms with Gasteiger partial charge in [-0.25, -0.2) is 22.5 Å². The number of hydrazine groups is 1. The number of sulfone groups is 1. The van der Waals surface area contributed by atoms with E-state index < -0.39 is 21.3 Å². The number of hydrogen-bond acceptors (Lipinski definition) is 7. The third-order valence-electron chi connectivity index (χ3n) is 5.84. The highest BCUT2D eigenvalue weighted by Gasteiger charge is 2.30. The second-order valence-corrected chi connectivity index (χ2v) is 10.7. The number of nitrogens with one attached hydrogen (secondary N) is 1. The first-order chi connectivity index (χ1) is 16.6. The van der Waals surface area contributed by atoms with Crippen LogP contribution in [-0.4, -0.2) is 70.9 Å². The minimum atomic E-state index is -3.43. The minimum absolute atomic E-state index is 0.337. The lowest BCUT2D eigenvalue weighted by atomic mass is 10.0. The first kappa shape index (κ1) is 24.6. The van der Waals surface area contributed by atoms with E-state index in [9.17, 15) is 17.6 Å². The summed E-state index contributed by atoms with van der Waals surface area (Å²) < 4.78 is 39.7. The fraction of sp³-hybridized carbons (Fsp3) is 0.292. The van der Waals surface area contributed by atoms with Crippen LogP contribution in [0, 0.1) is 5.82 Å². The van der Waals surface area contributed by atoms with Crippen LogP contribution in [0.4, 0.5) is 4.39 Å². The van der Waals surface area contributed by atoms with Crippen LogP contribution in [0.2, 0.25) is 0 Å². The van der Waals surface area contributed by atoms with Crippen LogP contribution in [0.15, 0.2) is 66.8 Å². The Hall–Kier alpha value is -3.57. The predicted molar refractivity (Wildman–Crippen MR) is 132 cm³/mol. The molecular weight excluding hydrogens is 471 g/mol. The molecule has 0 saturated carbocycles. The van der Waals surface area contributed by atoms with Crippen molar-refractivity contribution in [3.63, 3.8) is 0 Å². The number of pyridine rings is 1. The van der Waals surface area contributed by atoms with E-state index in [0.717, 1.165) is 0 Å². The molecule has 1 aliphatic rings.